The van der Waals surface area contributed by atoms with Crippen LogP contribution >= 0.6 is 0 Å². The van der Waals surface area contributed by atoms with Crippen molar-refractivity contribution >= 4 is 5.91 Å². The third-order valence-corrected chi connectivity index (χ3v) is 3.75. The summed E-state index contributed by atoms with van der Waals surface area (Å²) in [5, 5.41) is 2.31. The maximum absolute atomic E-state index is 12.9. The Labute approximate surface area is 104 Å². The van der Waals surface area contributed by atoms with Crippen LogP contribution in [0.3, 0.4) is 0 Å². The van der Waals surface area contributed by atoms with Crippen LogP contribution in [0.25, 0.3) is 0 Å². The zero-order valence-electron chi connectivity index (χ0n) is 10.3. The normalized spacial score (nSPS) is 29.3. The van der Waals surface area contributed by atoms with E-state index in [0.717, 1.165) is 13.1 Å². The van der Waals surface area contributed by atoms with Crippen molar-refractivity contribution in [3.8, 4) is 0 Å². The molecule has 1 N–H and O–H groups in total. The van der Waals surface area contributed by atoms with Crippen molar-refractivity contribution in [3.05, 3.63) is 0 Å². The minimum Gasteiger partial charge on any atom is -0.353 e. The number of piperazine rings is 1. The van der Waals surface area contributed by atoms with E-state index in [1.165, 1.54) is 4.90 Å². The molecule has 2 saturated heterocycles. The molecule has 7 heteroatoms. The third kappa shape index (κ3) is 2.95. The second-order valence-corrected chi connectivity index (χ2v) is 5.07. The summed E-state index contributed by atoms with van der Waals surface area (Å²) in [5.41, 5.74) is 0. The van der Waals surface area contributed by atoms with Crippen LogP contribution in [0.1, 0.15) is 12.8 Å². The predicted molar refractivity (Wildman–Crippen MR) is 60.1 cm³/mol. The molecule has 0 aromatic heterocycles. The molecule has 104 valence electrons. The van der Waals surface area contributed by atoms with Crippen LogP contribution in [0.2, 0.25) is 0 Å². The Morgan fingerprint density at radius 2 is 1.89 bits per heavy atom. The van der Waals surface area contributed by atoms with Crippen molar-refractivity contribution in [1.29, 1.82) is 0 Å². The second kappa shape index (κ2) is 5.05. The van der Waals surface area contributed by atoms with Crippen molar-refractivity contribution < 1.29 is 18.0 Å². The number of likely N-dealkylation sites (tertiary alicyclic amines) is 1. The van der Waals surface area contributed by atoms with Crippen molar-refractivity contribution in [2.75, 3.05) is 33.2 Å². The summed E-state index contributed by atoms with van der Waals surface area (Å²) >= 11 is 0. The number of amides is 1. The molecule has 2 aliphatic heterocycles. The van der Waals surface area contributed by atoms with Crippen molar-refractivity contribution in [2.45, 2.75) is 31.1 Å². The second-order valence-electron chi connectivity index (χ2n) is 5.07. The van der Waals surface area contributed by atoms with Crippen molar-refractivity contribution in [2.24, 2.45) is 0 Å². The van der Waals surface area contributed by atoms with Crippen LogP contribution in [0.4, 0.5) is 13.2 Å². The first-order chi connectivity index (χ1) is 8.38. The monoisotopic (exact) mass is 265 g/mol. The number of carbonyl (C=O) groups excluding carboxylic acids is 1. The molecular weight excluding hydrogens is 247 g/mol. The number of hydrogen-bond donors (Lipinski definition) is 1. The Kier molecular flexibility index (Phi) is 3.82. The summed E-state index contributed by atoms with van der Waals surface area (Å²) in [6, 6.07) is -1.68. The number of hydrogen-bond acceptors (Lipinski definition) is 3. The molecule has 2 fully saturated rings. The summed E-state index contributed by atoms with van der Waals surface area (Å²) in [4.78, 5) is 14.8. The molecular formula is C11H18F3N3O. The van der Waals surface area contributed by atoms with Crippen LogP contribution in [0, 0.1) is 0 Å². The van der Waals surface area contributed by atoms with Gasteiger partial charge in [0.05, 0.1) is 6.54 Å². The average molecular weight is 265 g/mol. The quantitative estimate of drug-likeness (QED) is 0.747. The van der Waals surface area contributed by atoms with Crippen molar-refractivity contribution in [1.82, 2.24) is 15.1 Å². The van der Waals surface area contributed by atoms with Crippen LogP contribution in [-0.2, 0) is 4.79 Å². The van der Waals surface area contributed by atoms with Crippen LogP contribution < -0.4 is 5.32 Å². The highest BCUT2D eigenvalue weighted by atomic mass is 19.4. The molecule has 0 spiro atoms. The lowest BCUT2D eigenvalue weighted by molar-refractivity contribution is -0.196. The van der Waals surface area contributed by atoms with Gasteiger partial charge in [-0.05, 0) is 33.0 Å². The molecule has 1 atom stereocenters. The molecule has 0 aromatic rings. The van der Waals surface area contributed by atoms with E-state index in [0.29, 0.717) is 12.8 Å². The fraction of sp³-hybridized carbons (Fsp3) is 0.909. The molecule has 2 rings (SSSR count). The van der Waals surface area contributed by atoms with Crippen LogP contribution in [0.5, 0.6) is 0 Å². The highest BCUT2D eigenvalue weighted by molar-refractivity contribution is 5.79. The van der Waals surface area contributed by atoms with Gasteiger partial charge in [-0.3, -0.25) is 9.69 Å². The van der Waals surface area contributed by atoms with E-state index in [1.807, 2.05) is 7.05 Å². The number of piperidine rings is 1. The van der Waals surface area contributed by atoms with Gasteiger partial charge in [0, 0.05) is 12.6 Å². The van der Waals surface area contributed by atoms with E-state index < -0.39 is 12.2 Å². The standard InChI is InChI=1S/C11H18F3N3O/c1-16-4-2-8(3-5-16)17-7-10(18)15-6-9(17)11(12,13)14/h8-9H,2-7H2,1H3,(H,15,18). The van der Waals surface area contributed by atoms with Gasteiger partial charge in [-0.2, -0.15) is 13.2 Å². The van der Waals surface area contributed by atoms with Crippen LogP contribution in [-0.4, -0.2) is 67.2 Å². The Morgan fingerprint density at radius 3 is 2.44 bits per heavy atom. The fourth-order valence-corrected chi connectivity index (χ4v) is 2.67. The molecule has 18 heavy (non-hydrogen) atoms. The zero-order valence-corrected chi connectivity index (χ0v) is 10.3. The average Bonchev–Trinajstić information content (AvgIpc) is 2.28. The third-order valence-electron chi connectivity index (χ3n) is 3.75. The van der Waals surface area contributed by atoms with Gasteiger partial charge >= 0.3 is 6.18 Å². The number of nitrogens with zero attached hydrogens (tertiary/aromatic N) is 2. The highest BCUT2D eigenvalue weighted by Crippen LogP contribution is 2.29. The highest BCUT2D eigenvalue weighted by Gasteiger charge is 2.48. The first-order valence-corrected chi connectivity index (χ1v) is 6.15. The summed E-state index contributed by atoms with van der Waals surface area (Å²) in [6.45, 7) is 1.11. The van der Waals surface area contributed by atoms with E-state index in [-0.39, 0.29) is 25.0 Å². The topological polar surface area (TPSA) is 35.6 Å². The van der Waals surface area contributed by atoms with E-state index in [1.54, 1.807) is 0 Å². The summed E-state index contributed by atoms with van der Waals surface area (Å²) < 4.78 is 38.8. The molecule has 0 bridgehead atoms. The Balaban J connectivity index is 2.08. The van der Waals surface area contributed by atoms with Gasteiger partial charge in [-0.25, -0.2) is 0 Å². The summed E-state index contributed by atoms with van der Waals surface area (Å²) in [7, 11) is 1.96. The van der Waals surface area contributed by atoms with Gasteiger partial charge in [0.15, 0.2) is 0 Å². The predicted octanol–water partition coefficient (Wildman–Crippen LogP) is 0.443. The molecule has 0 aromatic carbocycles. The minimum absolute atomic E-state index is 0.140. The Morgan fingerprint density at radius 1 is 1.28 bits per heavy atom. The lowest BCUT2D eigenvalue weighted by Crippen LogP contribution is -2.63. The molecule has 0 aliphatic carbocycles. The molecule has 0 saturated carbocycles. The largest absolute Gasteiger partial charge is 0.405 e. The lowest BCUT2D eigenvalue weighted by atomic mass is 10.00. The van der Waals surface area contributed by atoms with Gasteiger partial charge in [-0.15, -0.1) is 0 Å². The molecule has 1 unspecified atom stereocenters. The Hall–Kier alpha value is -0.820. The number of carbonyl (C=O) groups is 1. The first-order valence-electron chi connectivity index (χ1n) is 6.15. The maximum Gasteiger partial charge on any atom is 0.405 e. The summed E-state index contributed by atoms with van der Waals surface area (Å²) in [6.07, 6.45) is -2.90. The van der Waals surface area contributed by atoms with E-state index in [2.05, 4.69) is 10.2 Å². The molecule has 2 heterocycles. The van der Waals surface area contributed by atoms with E-state index in [4.69, 9.17) is 0 Å². The first kappa shape index (κ1) is 13.6. The Bertz CT molecular complexity index is 313. The van der Waals surface area contributed by atoms with E-state index in [9.17, 15) is 18.0 Å². The molecule has 4 nitrogen and oxygen atoms in total. The van der Waals surface area contributed by atoms with Gasteiger partial charge in [0.25, 0.3) is 0 Å². The number of alkyl halides is 3. The molecule has 1 amide bonds. The number of rotatable bonds is 1. The zero-order chi connectivity index (χ0) is 13.3. The lowest BCUT2D eigenvalue weighted by Gasteiger charge is -2.44. The van der Waals surface area contributed by atoms with Crippen molar-refractivity contribution in [3.63, 3.8) is 0 Å². The molecule has 0 radical (unpaired) electrons. The maximum atomic E-state index is 12.9. The SMILES string of the molecule is CN1CCC(N2CC(=O)NCC2C(F)(F)F)CC1. The smallest absolute Gasteiger partial charge is 0.353 e. The van der Waals surface area contributed by atoms with Gasteiger partial charge in [0.2, 0.25) is 5.91 Å². The number of halogens is 3. The van der Waals surface area contributed by atoms with E-state index >= 15 is 0 Å². The minimum atomic E-state index is -4.28. The van der Waals surface area contributed by atoms with Gasteiger partial charge < -0.3 is 10.2 Å². The van der Waals surface area contributed by atoms with Gasteiger partial charge in [0.1, 0.15) is 6.04 Å². The number of nitrogens with one attached hydrogen (secondary N) is 1. The summed E-state index contributed by atoms with van der Waals surface area (Å²) in [5.74, 6) is -0.311. The fourth-order valence-electron chi connectivity index (χ4n) is 2.67. The van der Waals surface area contributed by atoms with Crippen LogP contribution in [0.15, 0.2) is 0 Å². The van der Waals surface area contributed by atoms with Gasteiger partial charge in [-0.1, -0.05) is 0 Å². The molecule has 2 aliphatic rings.